The summed E-state index contributed by atoms with van der Waals surface area (Å²) in [6.45, 7) is 0.557. The number of urea groups is 1. The van der Waals surface area contributed by atoms with Gasteiger partial charge in [-0.1, -0.05) is 18.2 Å². The van der Waals surface area contributed by atoms with Gasteiger partial charge in [0.2, 0.25) is 0 Å². The predicted octanol–water partition coefficient (Wildman–Crippen LogP) is 0.894. The number of hydrogen-bond donors (Lipinski definition) is 2. The van der Waals surface area contributed by atoms with E-state index in [-0.39, 0.29) is 5.91 Å². The van der Waals surface area contributed by atoms with E-state index < -0.39 is 11.6 Å². The molecule has 2 heterocycles. The molecule has 5 nitrogen and oxygen atoms in total. The second-order valence-corrected chi connectivity index (χ2v) is 4.26. The second kappa shape index (κ2) is 3.48. The summed E-state index contributed by atoms with van der Waals surface area (Å²) in [5.41, 5.74) is -0.217. The number of fused-ring (bicyclic) bond motifs is 2. The third kappa shape index (κ3) is 1.39. The van der Waals surface area contributed by atoms with Gasteiger partial charge < -0.3 is 10.1 Å². The van der Waals surface area contributed by atoms with Crippen molar-refractivity contribution in [1.82, 2.24) is 10.6 Å². The van der Waals surface area contributed by atoms with Crippen molar-refractivity contribution in [2.75, 3.05) is 6.61 Å². The lowest BCUT2D eigenvalue weighted by Crippen LogP contribution is -2.43. The number of imide groups is 1. The summed E-state index contributed by atoms with van der Waals surface area (Å²) < 4.78 is 5.59. The van der Waals surface area contributed by atoms with Crippen molar-refractivity contribution >= 4 is 11.9 Å². The maximum Gasteiger partial charge on any atom is 0.322 e. The van der Waals surface area contributed by atoms with Gasteiger partial charge in [0.25, 0.3) is 5.91 Å². The Balaban J connectivity index is 2.17. The zero-order chi connectivity index (χ0) is 11.9. The fourth-order valence-electron chi connectivity index (χ4n) is 2.46. The molecule has 0 bridgehead atoms. The first-order valence-corrected chi connectivity index (χ1v) is 5.58. The molecule has 17 heavy (non-hydrogen) atoms. The average molecular weight is 232 g/mol. The minimum Gasteiger partial charge on any atom is -0.493 e. The van der Waals surface area contributed by atoms with Gasteiger partial charge in [0.15, 0.2) is 0 Å². The molecule has 1 fully saturated rings. The molecule has 2 aliphatic heterocycles. The fraction of sp³-hybridized carbons (Fsp3) is 0.333. The largest absolute Gasteiger partial charge is 0.493 e. The Labute approximate surface area is 98.1 Å². The van der Waals surface area contributed by atoms with Gasteiger partial charge in [0, 0.05) is 5.56 Å². The molecule has 3 amide bonds. The number of rotatable bonds is 0. The number of ether oxygens (including phenoxy) is 1. The van der Waals surface area contributed by atoms with Crippen LogP contribution < -0.4 is 15.4 Å². The zero-order valence-corrected chi connectivity index (χ0v) is 9.16. The fourth-order valence-corrected chi connectivity index (χ4v) is 2.46. The average Bonchev–Trinajstić information content (AvgIpc) is 2.50. The Morgan fingerprint density at radius 3 is 2.82 bits per heavy atom. The summed E-state index contributed by atoms with van der Waals surface area (Å²) in [7, 11) is 0. The van der Waals surface area contributed by atoms with Crippen molar-refractivity contribution in [3.63, 3.8) is 0 Å². The maximum absolute atomic E-state index is 12.0. The van der Waals surface area contributed by atoms with Crippen molar-refractivity contribution in [3.8, 4) is 5.75 Å². The molecule has 1 aromatic rings. The lowest BCUT2D eigenvalue weighted by Gasteiger charge is -2.25. The van der Waals surface area contributed by atoms with Gasteiger partial charge in [0.05, 0.1) is 6.61 Å². The third-order valence-corrected chi connectivity index (χ3v) is 3.24. The van der Waals surface area contributed by atoms with Crippen molar-refractivity contribution in [2.24, 2.45) is 0 Å². The highest BCUT2D eigenvalue weighted by Gasteiger charge is 2.49. The quantitative estimate of drug-likeness (QED) is 0.653. The SMILES string of the molecule is O=C1NC(=O)C2(CCCOc3ccccc32)N1. The van der Waals surface area contributed by atoms with Crippen LogP contribution in [-0.2, 0) is 10.3 Å². The molecule has 5 heteroatoms. The van der Waals surface area contributed by atoms with Crippen LogP contribution in [0.3, 0.4) is 0 Å². The standard InChI is InChI=1S/C12H12N2O3/c15-10-12(14-11(16)13-10)6-3-7-17-9-5-2-1-4-8(9)12/h1-2,4-5H,3,6-7H2,(H2,13,14,15,16). The van der Waals surface area contributed by atoms with E-state index >= 15 is 0 Å². The van der Waals surface area contributed by atoms with Crippen LogP contribution in [0.1, 0.15) is 18.4 Å². The van der Waals surface area contributed by atoms with Crippen LogP contribution in [0.25, 0.3) is 0 Å². The van der Waals surface area contributed by atoms with E-state index in [1.54, 1.807) is 0 Å². The molecule has 0 radical (unpaired) electrons. The highest BCUT2D eigenvalue weighted by Crippen LogP contribution is 2.38. The molecule has 1 unspecified atom stereocenters. The zero-order valence-electron chi connectivity index (χ0n) is 9.16. The van der Waals surface area contributed by atoms with Crippen LogP contribution in [0.15, 0.2) is 24.3 Å². The molecule has 1 spiro atoms. The maximum atomic E-state index is 12.0. The molecule has 1 atom stereocenters. The van der Waals surface area contributed by atoms with Crippen LogP contribution >= 0.6 is 0 Å². The first-order valence-electron chi connectivity index (χ1n) is 5.58. The Kier molecular flexibility index (Phi) is 2.07. The Morgan fingerprint density at radius 2 is 2.06 bits per heavy atom. The molecular formula is C12H12N2O3. The molecule has 2 N–H and O–H groups in total. The number of para-hydroxylation sites is 1. The van der Waals surface area contributed by atoms with E-state index in [0.717, 1.165) is 12.0 Å². The normalized spacial score (nSPS) is 26.8. The highest BCUT2D eigenvalue weighted by molar-refractivity contribution is 6.07. The van der Waals surface area contributed by atoms with Gasteiger partial charge in [-0.05, 0) is 18.9 Å². The van der Waals surface area contributed by atoms with Crippen molar-refractivity contribution in [2.45, 2.75) is 18.4 Å². The molecule has 2 aliphatic rings. The number of carbonyl (C=O) groups excluding carboxylic acids is 2. The number of amides is 3. The van der Waals surface area contributed by atoms with Crippen molar-refractivity contribution in [3.05, 3.63) is 29.8 Å². The van der Waals surface area contributed by atoms with E-state index in [0.29, 0.717) is 18.8 Å². The van der Waals surface area contributed by atoms with Gasteiger partial charge in [-0.2, -0.15) is 0 Å². The Morgan fingerprint density at radius 1 is 1.24 bits per heavy atom. The minimum absolute atomic E-state index is 0.291. The Bertz CT molecular complexity index is 500. The van der Waals surface area contributed by atoms with Crippen LogP contribution in [-0.4, -0.2) is 18.5 Å². The van der Waals surface area contributed by atoms with E-state index in [1.807, 2.05) is 24.3 Å². The van der Waals surface area contributed by atoms with Gasteiger partial charge >= 0.3 is 6.03 Å². The third-order valence-electron chi connectivity index (χ3n) is 3.24. The van der Waals surface area contributed by atoms with Gasteiger partial charge in [-0.15, -0.1) is 0 Å². The number of hydrogen-bond acceptors (Lipinski definition) is 3. The van der Waals surface area contributed by atoms with Crippen LogP contribution in [0, 0.1) is 0 Å². The lowest BCUT2D eigenvalue weighted by atomic mass is 9.85. The first kappa shape index (κ1) is 10.1. The minimum atomic E-state index is -0.954. The summed E-state index contributed by atoms with van der Waals surface area (Å²) in [6.07, 6.45) is 1.28. The molecule has 0 saturated carbocycles. The molecule has 1 aromatic carbocycles. The highest BCUT2D eigenvalue weighted by atomic mass is 16.5. The Hall–Kier alpha value is -2.04. The van der Waals surface area contributed by atoms with E-state index in [1.165, 1.54) is 0 Å². The summed E-state index contributed by atoms with van der Waals surface area (Å²) in [6, 6.07) is 6.90. The van der Waals surface area contributed by atoms with Crippen LogP contribution in [0.4, 0.5) is 4.79 Å². The molecule has 88 valence electrons. The number of nitrogens with one attached hydrogen (secondary N) is 2. The molecule has 3 rings (SSSR count). The molecule has 0 aliphatic carbocycles. The first-order chi connectivity index (χ1) is 8.22. The van der Waals surface area contributed by atoms with Gasteiger partial charge in [0.1, 0.15) is 11.3 Å². The topological polar surface area (TPSA) is 67.4 Å². The molecular weight excluding hydrogens is 220 g/mol. The molecule has 1 saturated heterocycles. The monoisotopic (exact) mass is 232 g/mol. The van der Waals surface area contributed by atoms with E-state index in [9.17, 15) is 9.59 Å². The number of benzene rings is 1. The van der Waals surface area contributed by atoms with E-state index in [4.69, 9.17) is 4.74 Å². The number of carbonyl (C=O) groups is 2. The molecule has 0 aromatic heterocycles. The van der Waals surface area contributed by atoms with Crippen molar-refractivity contribution < 1.29 is 14.3 Å². The van der Waals surface area contributed by atoms with Crippen LogP contribution in [0.2, 0.25) is 0 Å². The van der Waals surface area contributed by atoms with Crippen LogP contribution in [0.5, 0.6) is 5.75 Å². The van der Waals surface area contributed by atoms with E-state index in [2.05, 4.69) is 10.6 Å². The van der Waals surface area contributed by atoms with Gasteiger partial charge in [-0.3, -0.25) is 10.1 Å². The smallest absolute Gasteiger partial charge is 0.322 e. The summed E-state index contributed by atoms with van der Waals surface area (Å²) >= 11 is 0. The predicted molar refractivity (Wildman–Crippen MR) is 59.5 cm³/mol. The summed E-state index contributed by atoms with van der Waals surface area (Å²) in [5.74, 6) is 0.378. The lowest BCUT2D eigenvalue weighted by molar-refractivity contribution is -0.124. The summed E-state index contributed by atoms with van der Waals surface area (Å²) in [4.78, 5) is 23.4. The van der Waals surface area contributed by atoms with Crippen molar-refractivity contribution in [1.29, 1.82) is 0 Å². The second-order valence-electron chi connectivity index (χ2n) is 4.26. The summed E-state index contributed by atoms with van der Waals surface area (Å²) in [5, 5.41) is 5.04. The van der Waals surface area contributed by atoms with Gasteiger partial charge in [-0.25, -0.2) is 4.79 Å².